The highest BCUT2D eigenvalue weighted by atomic mass is 32.2. The van der Waals surface area contributed by atoms with Gasteiger partial charge in [0.2, 0.25) is 0 Å². The summed E-state index contributed by atoms with van der Waals surface area (Å²) >= 11 is 0. The molecule has 3 rings (SSSR count). The molecular formula is C21H19N3O6S. The zero-order chi connectivity index (χ0) is 22.4. The smallest absolute Gasteiger partial charge is 0.270 e. The fourth-order valence-corrected chi connectivity index (χ4v) is 3.77. The van der Waals surface area contributed by atoms with Gasteiger partial charge in [0, 0.05) is 29.1 Å². The molecule has 31 heavy (non-hydrogen) atoms. The molecular weight excluding hydrogens is 422 g/mol. The monoisotopic (exact) mass is 441 g/mol. The third-order valence-electron chi connectivity index (χ3n) is 4.16. The third kappa shape index (κ3) is 5.58. The molecule has 0 aliphatic heterocycles. The largest absolute Gasteiger partial charge is 0.494 e. The molecule has 0 aliphatic rings. The summed E-state index contributed by atoms with van der Waals surface area (Å²) in [6, 6.07) is 17.4. The molecule has 2 N–H and O–H groups in total. The van der Waals surface area contributed by atoms with Crippen molar-refractivity contribution in [3.8, 4) is 5.75 Å². The zero-order valence-corrected chi connectivity index (χ0v) is 17.3. The number of benzene rings is 3. The molecule has 0 atom stereocenters. The molecule has 0 saturated heterocycles. The Morgan fingerprint density at radius 2 is 1.65 bits per heavy atom. The van der Waals surface area contributed by atoms with Gasteiger partial charge in [-0.25, -0.2) is 8.42 Å². The number of rotatable bonds is 8. The van der Waals surface area contributed by atoms with Gasteiger partial charge in [-0.1, -0.05) is 6.07 Å². The van der Waals surface area contributed by atoms with Crippen LogP contribution in [0.1, 0.15) is 17.3 Å². The third-order valence-corrected chi connectivity index (χ3v) is 5.54. The first-order chi connectivity index (χ1) is 14.8. The van der Waals surface area contributed by atoms with E-state index in [-0.39, 0.29) is 22.2 Å². The van der Waals surface area contributed by atoms with Crippen LogP contribution in [0.25, 0.3) is 0 Å². The lowest BCUT2D eigenvalue weighted by atomic mass is 10.2. The summed E-state index contributed by atoms with van der Waals surface area (Å²) in [4.78, 5) is 22.4. The van der Waals surface area contributed by atoms with Crippen LogP contribution >= 0.6 is 0 Å². The van der Waals surface area contributed by atoms with E-state index in [1.807, 2.05) is 6.92 Å². The van der Waals surface area contributed by atoms with Crippen LogP contribution in [0, 0.1) is 10.1 Å². The predicted octanol–water partition coefficient (Wildman–Crippen LogP) is 4.05. The molecule has 0 heterocycles. The molecule has 0 saturated carbocycles. The number of nitrogens with zero attached hydrogens (tertiary/aromatic N) is 1. The van der Waals surface area contributed by atoms with E-state index in [1.165, 1.54) is 42.5 Å². The van der Waals surface area contributed by atoms with Crippen molar-refractivity contribution in [3.63, 3.8) is 0 Å². The SMILES string of the molecule is CCOc1ccc(NC(=O)c2ccc(NS(=O)(=O)c3cccc([N+](=O)[O-])c3)cc2)cc1. The minimum atomic E-state index is -4.03. The molecule has 0 bridgehead atoms. The molecule has 3 aromatic rings. The summed E-state index contributed by atoms with van der Waals surface area (Å²) in [5, 5.41) is 13.6. The van der Waals surface area contributed by atoms with Gasteiger partial charge >= 0.3 is 0 Å². The van der Waals surface area contributed by atoms with E-state index in [4.69, 9.17) is 4.74 Å². The number of non-ortho nitro benzene ring substituents is 1. The van der Waals surface area contributed by atoms with Crippen LogP contribution < -0.4 is 14.8 Å². The maximum Gasteiger partial charge on any atom is 0.270 e. The lowest BCUT2D eigenvalue weighted by Crippen LogP contribution is -2.14. The van der Waals surface area contributed by atoms with E-state index < -0.39 is 14.9 Å². The summed E-state index contributed by atoms with van der Waals surface area (Å²) in [5.74, 6) is 0.332. The number of anilines is 2. The van der Waals surface area contributed by atoms with Gasteiger partial charge in [-0.15, -0.1) is 0 Å². The Balaban J connectivity index is 1.68. The van der Waals surface area contributed by atoms with E-state index in [2.05, 4.69) is 10.0 Å². The normalized spacial score (nSPS) is 10.9. The highest BCUT2D eigenvalue weighted by Gasteiger charge is 2.18. The molecule has 160 valence electrons. The second kappa shape index (κ2) is 9.26. The number of hydrogen-bond acceptors (Lipinski definition) is 6. The first-order valence-electron chi connectivity index (χ1n) is 9.20. The number of carbonyl (C=O) groups is 1. The Kier molecular flexibility index (Phi) is 6.51. The van der Waals surface area contributed by atoms with Gasteiger partial charge in [-0.2, -0.15) is 0 Å². The van der Waals surface area contributed by atoms with Crippen molar-refractivity contribution in [1.82, 2.24) is 0 Å². The average molecular weight is 441 g/mol. The molecule has 1 amide bonds. The number of carbonyl (C=O) groups excluding carboxylic acids is 1. The fourth-order valence-electron chi connectivity index (χ4n) is 2.67. The number of nitro groups is 1. The van der Waals surface area contributed by atoms with Crippen molar-refractivity contribution in [1.29, 1.82) is 0 Å². The summed E-state index contributed by atoms with van der Waals surface area (Å²) in [7, 11) is -4.03. The molecule has 0 fully saturated rings. The van der Waals surface area contributed by atoms with Gasteiger partial charge in [0.05, 0.1) is 16.4 Å². The maximum atomic E-state index is 12.5. The molecule has 0 radical (unpaired) electrons. The number of ether oxygens (including phenoxy) is 1. The Morgan fingerprint density at radius 1 is 1.00 bits per heavy atom. The number of hydrogen-bond donors (Lipinski definition) is 2. The van der Waals surface area contributed by atoms with E-state index >= 15 is 0 Å². The van der Waals surface area contributed by atoms with Crippen molar-refractivity contribution in [2.24, 2.45) is 0 Å². The molecule has 0 spiro atoms. The van der Waals surface area contributed by atoms with Crippen molar-refractivity contribution in [2.45, 2.75) is 11.8 Å². The molecule has 10 heteroatoms. The van der Waals surface area contributed by atoms with Crippen LogP contribution in [0.4, 0.5) is 17.1 Å². The standard InChI is InChI=1S/C21H19N3O6S/c1-2-30-19-12-10-16(11-13-19)22-21(25)15-6-8-17(9-7-15)23-31(28,29)20-5-3-4-18(14-20)24(26)27/h3-14,23H,2H2,1H3,(H,22,25). The lowest BCUT2D eigenvalue weighted by molar-refractivity contribution is -0.385. The fraction of sp³-hybridized carbons (Fsp3) is 0.0952. The minimum Gasteiger partial charge on any atom is -0.494 e. The van der Waals surface area contributed by atoms with Crippen molar-refractivity contribution in [3.05, 3.63) is 88.5 Å². The molecule has 0 aliphatic carbocycles. The van der Waals surface area contributed by atoms with Gasteiger partial charge in [-0.05, 0) is 61.5 Å². The zero-order valence-electron chi connectivity index (χ0n) is 16.4. The van der Waals surface area contributed by atoms with Crippen LogP contribution in [0.5, 0.6) is 5.75 Å². The summed E-state index contributed by atoms with van der Waals surface area (Å²) in [6.45, 7) is 2.42. The molecule has 0 aromatic heterocycles. The number of amides is 1. The van der Waals surface area contributed by atoms with Crippen LogP contribution in [0.3, 0.4) is 0 Å². The van der Waals surface area contributed by atoms with Gasteiger partial charge in [0.25, 0.3) is 21.6 Å². The van der Waals surface area contributed by atoms with E-state index in [0.29, 0.717) is 23.6 Å². The minimum absolute atomic E-state index is 0.212. The molecule has 9 nitrogen and oxygen atoms in total. The Labute approximate surface area is 178 Å². The number of nitrogens with one attached hydrogen (secondary N) is 2. The Morgan fingerprint density at radius 3 is 2.26 bits per heavy atom. The maximum absolute atomic E-state index is 12.5. The topological polar surface area (TPSA) is 128 Å². The van der Waals surface area contributed by atoms with Crippen molar-refractivity contribution in [2.75, 3.05) is 16.6 Å². The van der Waals surface area contributed by atoms with Crippen molar-refractivity contribution < 1.29 is 22.9 Å². The predicted molar refractivity (Wildman–Crippen MR) is 116 cm³/mol. The van der Waals surface area contributed by atoms with E-state index in [9.17, 15) is 23.3 Å². The summed E-state index contributed by atoms with van der Waals surface area (Å²) < 4.78 is 32.7. The average Bonchev–Trinajstić information content (AvgIpc) is 2.75. The van der Waals surface area contributed by atoms with Gasteiger partial charge in [0.1, 0.15) is 5.75 Å². The highest BCUT2D eigenvalue weighted by molar-refractivity contribution is 7.92. The second-order valence-electron chi connectivity index (χ2n) is 6.35. The van der Waals surface area contributed by atoms with Crippen LogP contribution in [0.2, 0.25) is 0 Å². The first-order valence-corrected chi connectivity index (χ1v) is 10.7. The van der Waals surface area contributed by atoms with Crippen molar-refractivity contribution >= 4 is 33.0 Å². The molecule has 0 unspecified atom stereocenters. The quantitative estimate of drug-likeness (QED) is 0.401. The Bertz CT molecular complexity index is 1190. The highest BCUT2D eigenvalue weighted by Crippen LogP contribution is 2.21. The van der Waals surface area contributed by atoms with Crippen LogP contribution in [-0.4, -0.2) is 25.9 Å². The van der Waals surface area contributed by atoms with Gasteiger partial charge in [0.15, 0.2) is 0 Å². The molecule has 3 aromatic carbocycles. The van der Waals surface area contributed by atoms with Gasteiger partial charge in [-0.3, -0.25) is 19.6 Å². The van der Waals surface area contributed by atoms with Crippen LogP contribution in [0.15, 0.2) is 77.7 Å². The summed E-state index contributed by atoms with van der Waals surface area (Å²) in [6.07, 6.45) is 0. The van der Waals surface area contributed by atoms with E-state index in [1.54, 1.807) is 24.3 Å². The number of sulfonamides is 1. The van der Waals surface area contributed by atoms with Gasteiger partial charge < -0.3 is 10.1 Å². The van der Waals surface area contributed by atoms with E-state index in [0.717, 1.165) is 6.07 Å². The lowest BCUT2D eigenvalue weighted by Gasteiger charge is -2.10. The second-order valence-corrected chi connectivity index (χ2v) is 8.03. The summed E-state index contributed by atoms with van der Waals surface area (Å²) in [5.41, 5.74) is 0.796. The van der Waals surface area contributed by atoms with Crippen LogP contribution in [-0.2, 0) is 10.0 Å². The number of nitro benzene ring substituents is 1. The first kappa shape index (κ1) is 21.8. The Hall–Kier alpha value is -3.92.